The predicted octanol–water partition coefficient (Wildman–Crippen LogP) is 0.495. The molecule has 1 aliphatic heterocycles. The van der Waals surface area contributed by atoms with Gasteiger partial charge in [-0.1, -0.05) is 18.2 Å². The van der Waals surface area contributed by atoms with Gasteiger partial charge >= 0.3 is 5.69 Å². The standard InChI is InChI=1S/C14H17N5O2/c1-9-7-10(8-19(9)11-5-3-2-4-6-11)15-13(20)12-16-14(21)18-17-12/h2-6,9-10H,7-8H2,1H3,(H,15,20)(H2,16,17,18,21)/t9-,10-/m0/s1. The van der Waals surface area contributed by atoms with Crippen LogP contribution in [-0.4, -0.2) is 39.7 Å². The third-order valence-electron chi connectivity index (χ3n) is 3.71. The van der Waals surface area contributed by atoms with Gasteiger partial charge in [-0.15, -0.1) is 5.10 Å². The number of aromatic amines is 2. The molecular formula is C14H17N5O2. The van der Waals surface area contributed by atoms with Crippen LogP contribution in [0.2, 0.25) is 0 Å². The summed E-state index contributed by atoms with van der Waals surface area (Å²) in [6.07, 6.45) is 0.856. The number of aromatic nitrogens is 3. The van der Waals surface area contributed by atoms with E-state index in [2.05, 4.69) is 44.5 Å². The van der Waals surface area contributed by atoms with Crippen LogP contribution in [0.25, 0.3) is 0 Å². The molecule has 7 heteroatoms. The van der Waals surface area contributed by atoms with Crippen molar-refractivity contribution in [1.82, 2.24) is 20.5 Å². The number of carbonyl (C=O) groups is 1. The number of amides is 1. The summed E-state index contributed by atoms with van der Waals surface area (Å²) in [5.74, 6) is -0.341. The van der Waals surface area contributed by atoms with E-state index in [1.165, 1.54) is 0 Å². The van der Waals surface area contributed by atoms with Crippen molar-refractivity contribution in [3.63, 3.8) is 0 Å². The van der Waals surface area contributed by atoms with Crippen molar-refractivity contribution < 1.29 is 4.79 Å². The Kier molecular flexibility index (Phi) is 3.47. The molecular weight excluding hydrogens is 270 g/mol. The lowest BCUT2D eigenvalue weighted by Gasteiger charge is -2.23. The molecule has 1 aliphatic rings. The molecule has 0 unspecified atom stereocenters. The second kappa shape index (κ2) is 5.43. The molecule has 0 saturated carbocycles. The molecule has 3 rings (SSSR count). The third kappa shape index (κ3) is 2.81. The lowest BCUT2D eigenvalue weighted by atomic mass is 10.2. The van der Waals surface area contributed by atoms with Gasteiger partial charge in [0.1, 0.15) is 0 Å². The van der Waals surface area contributed by atoms with E-state index in [4.69, 9.17) is 0 Å². The molecule has 3 N–H and O–H groups in total. The Morgan fingerprint density at radius 1 is 1.38 bits per heavy atom. The van der Waals surface area contributed by atoms with E-state index >= 15 is 0 Å². The van der Waals surface area contributed by atoms with Crippen molar-refractivity contribution in [2.75, 3.05) is 11.4 Å². The number of carbonyl (C=O) groups excluding carboxylic acids is 1. The Morgan fingerprint density at radius 2 is 2.14 bits per heavy atom. The summed E-state index contributed by atoms with van der Waals surface area (Å²) in [6, 6.07) is 10.5. The molecule has 0 radical (unpaired) electrons. The van der Waals surface area contributed by atoms with Crippen LogP contribution in [0.1, 0.15) is 24.0 Å². The van der Waals surface area contributed by atoms with Crippen molar-refractivity contribution in [3.8, 4) is 0 Å². The number of rotatable bonds is 3. The molecule has 2 aromatic rings. The molecule has 110 valence electrons. The normalized spacial score (nSPS) is 21.5. The van der Waals surface area contributed by atoms with Crippen molar-refractivity contribution in [3.05, 3.63) is 46.6 Å². The number of H-pyrrole nitrogens is 2. The second-order valence-corrected chi connectivity index (χ2v) is 5.27. The lowest BCUT2D eigenvalue weighted by molar-refractivity contribution is 0.0930. The summed E-state index contributed by atoms with van der Waals surface area (Å²) in [6.45, 7) is 2.88. The summed E-state index contributed by atoms with van der Waals surface area (Å²) in [4.78, 5) is 27.6. The highest BCUT2D eigenvalue weighted by atomic mass is 16.2. The molecule has 0 spiro atoms. The first-order valence-electron chi connectivity index (χ1n) is 6.90. The first kappa shape index (κ1) is 13.4. The van der Waals surface area contributed by atoms with Gasteiger partial charge in [-0.05, 0) is 25.5 Å². The molecule has 1 aromatic carbocycles. The summed E-state index contributed by atoms with van der Waals surface area (Å²) in [7, 11) is 0. The van der Waals surface area contributed by atoms with E-state index in [-0.39, 0.29) is 17.8 Å². The number of anilines is 1. The maximum absolute atomic E-state index is 12.0. The number of nitrogens with one attached hydrogen (secondary N) is 3. The number of hydrogen-bond acceptors (Lipinski definition) is 4. The van der Waals surface area contributed by atoms with Crippen molar-refractivity contribution in [2.45, 2.75) is 25.4 Å². The predicted molar refractivity (Wildman–Crippen MR) is 78.3 cm³/mol. The SMILES string of the molecule is C[C@H]1C[C@H](NC(=O)c2n[nH]c(=O)[nH]2)CN1c1ccccc1. The molecule has 0 bridgehead atoms. The van der Waals surface area contributed by atoms with E-state index in [0.717, 1.165) is 18.7 Å². The maximum Gasteiger partial charge on any atom is 0.341 e. The minimum Gasteiger partial charge on any atom is -0.367 e. The van der Waals surface area contributed by atoms with Gasteiger partial charge in [0.2, 0.25) is 5.82 Å². The van der Waals surface area contributed by atoms with Crippen LogP contribution < -0.4 is 15.9 Å². The number of benzene rings is 1. The minimum atomic E-state index is -0.481. The zero-order valence-corrected chi connectivity index (χ0v) is 11.7. The van der Waals surface area contributed by atoms with Gasteiger partial charge in [0.05, 0.1) is 0 Å². The first-order chi connectivity index (χ1) is 10.1. The van der Waals surface area contributed by atoms with E-state index < -0.39 is 5.69 Å². The Labute approximate surface area is 121 Å². The highest BCUT2D eigenvalue weighted by Gasteiger charge is 2.30. The van der Waals surface area contributed by atoms with Crippen molar-refractivity contribution in [2.24, 2.45) is 0 Å². The Balaban J connectivity index is 1.66. The summed E-state index contributed by atoms with van der Waals surface area (Å²) < 4.78 is 0. The van der Waals surface area contributed by atoms with Crippen LogP contribution in [0.3, 0.4) is 0 Å². The third-order valence-corrected chi connectivity index (χ3v) is 3.71. The van der Waals surface area contributed by atoms with Gasteiger partial charge in [-0.3, -0.25) is 9.78 Å². The van der Waals surface area contributed by atoms with Gasteiger partial charge < -0.3 is 10.2 Å². The zero-order chi connectivity index (χ0) is 14.8. The van der Waals surface area contributed by atoms with E-state index in [1.54, 1.807) is 0 Å². The number of hydrogen-bond donors (Lipinski definition) is 3. The van der Waals surface area contributed by atoms with Crippen LogP contribution >= 0.6 is 0 Å². The fraction of sp³-hybridized carbons (Fsp3) is 0.357. The zero-order valence-electron chi connectivity index (χ0n) is 11.7. The van der Waals surface area contributed by atoms with Crippen LogP contribution in [0, 0.1) is 0 Å². The summed E-state index contributed by atoms with van der Waals surface area (Å²) in [5, 5.41) is 8.73. The van der Waals surface area contributed by atoms with Crippen LogP contribution in [0.15, 0.2) is 35.1 Å². The number of para-hydroxylation sites is 1. The average Bonchev–Trinajstić information content (AvgIpc) is 3.06. The minimum absolute atomic E-state index is 0.0193. The van der Waals surface area contributed by atoms with Gasteiger partial charge in [0, 0.05) is 24.3 Å². The van der Waals surface area contributed by atoms with E-state index in [0.29, 0.717) is 6.04 Å². The first-order valence-corrected chi connectivity index (χ1v) is 6.90. The van der Waals surface area contributed by atoms with Crippen molar-refractivity contribution >= 4 is 11.6 Å². The molecule has 1 amide bonds. The van der Waals surface area contributed by atoms with Gasteiger partial charge in [-0.2, -0.15) is 0 Å². The molecule has 2 heterocycles. The van der Waals surface area contributed by atoms with E-state index in [1.807, 2.05) is 18.2 Å². The highest BCUT2D eigenvalue weighted by Crippen LogP contribution is 2.25. The summed E-state index contributed by atoms with van der Waals surface area (Å²) in [5.41, 5.74) is 0.667. The van der Waals surface area contributed by atoms with Crippen LogP contribution in [0.4, 0.5) is 5.69 Å². The van der Waals surface area contributed by atoms with Gasteiger partial charge in [-0.25, -0.2) is 9.89 Å². The molecule has 2 atom stereocenters. The fourth-order valence-corrected chi connectivity index (χ4v) is 2.75. The molecule has 0 aliphatic carbocycles. The number of nitrogens with zero attached hydrogens (tertiary/aromatic N) is 2. The maximum atomic E-state index is 12.0. The Bertz CT molecular complexity index is 678. The van der Waals surface area contributed by atoms with Crippen LogP contribution in [-0.2, 0) is 0 Å². The largest absolute Gasteiger partial charge is 0.367 e. The molecule has 1 fully saturated rings. The van der Waals surface area contributed by atoms with E-state index in [9.17, 15) is 9.59 Å². The smallest absolute Gasteiger partial charge is 0.341 e. The van der Waals surface area contributed by atoms with Crippen LogP contribution in [0.5, 0.6) is 0 Å². The van der Waals surface area contributed by atoms with Crippen molar-refractivity contribution in [1.29, 1.82) is 0 Å². The molecule has 1 saturated heterocycles. The Hall–Kier alpha value is -2.57. The average molecular weight is 287 g/mol. The quantitative estimate of drug-likeness (QED) is 0.766. The molecule has 21 heavy (non-hydrogen) atoms. The lowest BCUT2D eigenvalue weighted by Crippen LogP contribution is -2.37. The van der Waals surface area contributed by atoms with Gasteiger partial charge in [0.25, 0.3) is 5.91 Å². The summed E-state index contributed by atoms with van der Waals surface area (Å²) >= 11 is 0. The van der Waals surface area contributed by atoms with Gasteiger partial charge in [0.15, 0.2) is 0 Å². The molecule has 7 nitrogen and oxygen atoms in total. The highest BCUT2D eigenvalue weighted by molar-refractivity contribution is 5.90. The second-order valence-electron chi connectivity index (χ2n) is 5.27. The topological polar surface area (TPSA) is 93.9 Å². The fourth-order valence-electron chi connectivity index (χ4n) is 2.75. The molecule has 1 aromatic heterocycles. The Morgan fingerprint density at radius 3 is 2.81 bits per heavy atom. The monoisotopic (exact) mass is 287 g/mol.